The smallest absolute Gasteiger partial charge is 0.317 e. The molecule has 2 aromatic carbocycles. The van der Waals surface area contributed by atoms with Gasteiger partial charge in [0, 0.05) is 25.6 Å². The summed E-state index contributed by atoms with van der Waals surface area (Å²) in [5.74, 6) is 1.74. The average Bonchev–Trinajstić information content (AvgIpc) is 3.12. The molecule has 132 valence electrons. The summed E-state index contributed by atoms with van der Waals surface area (Å²) in [4.78, 5) is 14.0. The molecular formula is C20H24N2O3. The van der Waals surface area contributed by atoms with E-state index in [0.717, 1.165) is 23.5 Å². The largest absolute Gasteiger partial charge is 0.457 e. The number of ether oxygens (including phenoxy) is 1. The Labute approximate surface area is 148 Å². The van der Waals surface area contributed by atoms with Crippen molar-refractivity contribution in [2.24, 2.45) is 5.92 Å². The SMILES string of the molecule is C[C@@H](O)[C@@H]1CCN(C(=O)NCc2ccc(Oc3ccccc3)cc2)C1. The zero-order valence-electron chi connectivity index (χ0n) is 14.4. The summed E-state index contributed by atoms with van der Waals surface area (Å²) in [6.45, 7) is 3.57. The molecule has 0 aromatic heterocycles. The summed E-state index contributed by atoms with van der Waals surface area (Å²) >= 11 is 0. The van der Waals surface area contributed by atoms with E-state index in [1.54, 1.807) is 11.8 Å². The molecule has 1 fully saturated rings. The standard InChI is InChI=1S/C20H24N2O3/c1-15(23)17-11-12-22(14-17)20(24)21-13-16-7-9-19(10-8-16)25-18-5-3-2-4-6-18/h2-10,15,17,23H,11-14H2,1H3,(H,21,24)/t15-,17-/m1/s1. The number of benzene rings is 2. The van der Waals surface area contributed by atoms with Gasteiger partial charge < -0.3 is 20.1 Å². The van der Waals surface area contributed by atoms with Gasteiger partial charge in [-0.15, -0.1) is 0 Å². The Kier molecular flexibility index (Phi) is 5.56. The number of carbonyl (C=O) groups is 1. The van der Waals surface area contributed by atoms with Crippen molar-refractivity contribution in [1.29, 1.82) is 0 Å². The first-order chi connectivity index (χ1) is 12.1. The van der Waals surface area contributed by atoms with Crippen molar-refractivity contribution in [3.63, 3.8) is 0 Å². The number of amides is 2. The van der Waals surface area contributed by atoms with Crippen LogP contribution in [0.4, 0.5) is 4.79 Å². The number of hydrogen-bond acceptors (Lipinski definition) is 3. The van der Waals surface area contributed by atoms with Crippen LogP contribution >= 0.6 is 0 Å². The number of hydrogen-bond donors (Lipinski definition) is 2. The van der Waals surface area contributed by atoms with E-state index < -0.39 is 0 Å². The highest BCUT2D eigenvalue weighted by molar-refractivity contribution is 5.74. The number of nitrogens with zero attached hydrogens (tertiary/aromatic N) is 1. The number of rotatable bonds is 5. The number of nitrogens with one attached hydrogen (secondary N) is 1. The van der Waals surface area contributed by atoms with Crippen molar-refractivity contribution >= 4 is 6.03 Å². The molecule has 0 radical (unpaired) electrons. The Morgan fingerprint density at radius 2 is 1.88 bits per heavy atom. The second kappa shape index (κ2) is 8.03. The van der Waals surface area contributed by atoms with Crippen molar-refractivity contribution in [2.45, 2.75) is 26.0 Å². The number of carbonyl (C=O) groups excluding carboxylic acids is 1. The van der Waals surface area contributed by atoms with Crippen LogP contribution in [0, 0.1) is 5.92 Å². The van der Waals surface area contributed by atoms with Gasteiger partial charge in [0.25, 0.3) is 0 Å². The van der Waals surface area contributed by atoms with E-state index in [0.29, 0.717) is 19.6 Å². The highest BCUT2D eigenvalue weighted by Gasteiger charge is 2.28. The molecule has 1 aliphatic rings. The van der Waals surface area contributed by atoms with Crippen LogP contribution in [0.5, 0.6) is 11.5 Å². The second-order valence-corrected chi connectivity index (χ2v) is 6.45. The quantitative estimate of drug-likeness (QED) is 0.877. The molecule has 0 unspecified atom stereocenters. The lowest BCUT2D eigenvalue weighted by atomic mass is 10.0. The number of aliphatic hydroxyl groups is 1. The lowest BCUT2D eigenvalue weighted by Crippen LogP contribution is -2.38. The molecule has 5 nitrogen and oxygen atoms in total. The van der Waals surface area contributed by atoms with Gasteiger partial charge in [0.05, 0.1) is 6.10 Å². The minimum Gasteiger partial charge on any atom is -0.457 e. The minimum atomic E-state index is -0.366. The van der Waals surface area contributed by atoms with E-state index in [1.165, 1.54) is 0 Å². The minimum absolute atomic E-state index is 0.0761. The highest BCUT2D eigenvalue weighted by atomic mass is 16.5. The van der Waals surface area contributed by atoms with Crippen LogP contribution in [0.25, 0.3) is 0 Å². The molecule has 2 atom stereocenters. The maximum Gasteiger partial charge on any atom is 0.317 e. The Hall–Kier alpha value is -2.53. The summed E-state index contributed by atoms with van der Waals surface area (Å²) < 4.78 is 5.76. The van der Waals surface area contributed by atoms with Crippen molar-refractivity contribution in [2.75, 3.05) is 13.1 Å². The summed E-state index contributed by atoms with van der Waals surface area (Å²) in [6, 6.07) is 17.2. The zero-order chi connectivity index (χ0) is 17.6. The third-order valence-corrected chi connectivity index (χ3v) is 4.54. The fraction of sp³-hybridized carbons (Fsp3) is 0.350. The third kappa shape index (κ3) is 4.73. The van der Waals surface area contributed by atoms with E-state index in [2.05, 4.69) is 5.32 Å². The zero-order valence-corrected chi connectivity index (χ0v) is 14.4. The van der Waals surface area contributed by atoms with E-state index in [-0.39, 0.29) is 18.1 Å². The summed E-state index contributed by atoms with van der Waals surface area (Å²) in [5, 5.41) is 12.6. The van der Waals surface area contributed by atoms with Crippen molar-refractivity contribution in [1.82, 2.24) is 10.2 Å². The van der Waals surface area contributed by atoms with E-state index in [9.17, 15) is 9.90 Å². The van der Waals surface area contributed by atoms with Gasteiger partial charge in [0.2, 0.25) is 0 Å². The summed E-state index contributed by atoms with van der Waals surface area (Å²) in [6.07, 6.45) is 0.492. The van der Waals surface area contributed by atoms with Crippen LogP contribution in [0.3, 0.4) is 0 Å². The van der Waals surface area contributed by atoms with Gasteiger partial charge in [-0.3, -0.25) is 0 Å². The second-order valence-electron chi connectivity index (χ2n) is 6.45. The molecule has 0 bridgehead atoms. The van der Waals surface area contributed by atoms with Crippen LogP contribution in [0.1, 0.15) is 18.9 Å². The maximum atomic E-state index is 12.2. The topological polar surface area (TPSA) is 61.8 Å². The van der Waals surface area contributed by atoms with E-state index >= 15 is 0 Å². The van der Waals surface area contributed by atoms with Crippen molar-refractivity contribution in [3.05, 3.63) is 60.2 Å². The molecule has 5 heteroatoms. The Morgan fingerprint density at radius 1 is 1.20 bits per heavy atom. The molecule has 0 saturated carbocycles. The Balaban J connectivity index is 1.48. The first kappa shape index (κ1) is 17.3. The molecule has 1 saturated heterocycles. The molecule has 0 aliphatic carbocycles. The Morgan fingerprint density at radius 3 is 2.52 bits per heavy atom. The molecule has 2 amide bonds. The van der Waals surface area contributed by atoms with Crippen LogP contribution in [-0.2, 0) is 6.54 Å². The van der Waals surface area contributed by atoms with Gasteiger partial charge in [-0.05, 0) is 43.2 Å². The van der Waals surface area contributed by atoms with E-state index in [1.807, 2.05) is 54.6 Å². The van der Waals surface area contributed by atoms with Crippen LogP contribution in [0.15, 0.2) is 54.6 Å². The first-order valence-electron chi connectivity index (χ1n) is 8.64. The number of likely N-dealkylation sites (tertiary alicyclic amines) is 1. The predicted octanol–water partition coefficient (Wildman–Crippen LogP) is 3.39. The average molecular weight is 340 g/mol. The molecule has 25 heavy (non-hydrogen) atoms. The predicted molar refractivity (Wildman–Crippen MR) is 96.6 cm³/mol. The fourth-order valence-electron chi connectivity index (χ4n) is 2.95. The van der Waals surface area contributed by atoms with Crippen molar-refractivity contribution in [3.8, 4) is 11.5 Å². The monoisotopic (exact) mass is 340 g/mol. The lowest BCUT2D eigenvalue weighted by Gasteiger charge is -2.18. The highest BCUT2D eigenvalue weighted by Crippen LogP contribution is 2.22. The number of urea groups is 1. The molecular weight excluding hydrogens is 316 g/mol. The summed E-state index contributed by atoms with van der Waals surface area (Å²) in [7, 11) is 0. The molecule has 1 aliphatic heterocycles. The number of para-hydroxylation sites is 1. The fourth-order valence-corrected chi connectivity index (χ4v) is 2.95. The Bertz CT molecular complexity index is 686. The van der Waals surface area contributed by atoms with Gasteiger partial charge in [-0.2, -0.15) is 0 Å². The molecule has 2 N–H and O–H groups in total. The lowest BCUT2D eigenvalue weighted by molar-refractivity contribution is 0.129. The normalized spacial score (nSPS) is 18.0. The molecule has 2 aromatic rings. The third-order valence-electron chi connectivity index (χ3n) is 4.54. The molecule has 0 spiro atoms. The van der Waals surface area contributed by atoms with Crippen LogP contribution < -0.4 is 10.1 Å². The van der Waals surface area contributed by atoms with Crippen LogP contribution in [0.2, 0.25) is 0 Å². The summed E-state index contributed by atoms with van der Waals surface area (Å²) in [5.41, 5.74) is 1.01. The number of aliphatic hydroxyl groups excluding tert-OH is 1. The van der Waals surface area contributed by atoms with Gasteiger partial charge in [-0.1, -0.05) is 30.3 Å². The molecule has 3 rings (SSSR count). The first-order valence-corrected chi connectivity index (χ1v) is 8.64. The van der Waals surface area contributed by atoms with Gasteiger partial charge in [0.1, 0.15) is 11.5 Å². The van der Waals surface area contributed by atoms with Crippen LogP contribution in [-0.4, -0.2) is 35.2 Å². The maximum absolute atomic E-state index is 12.2. The van der Waals surface area contributed by atoms with Gasteiger partial charge >= 0.3 is 6.03 Å². The van der Waals surface area contributed by atoms with Gasteiger partial charge in [0.15, 0.2) is 0 Å². The van der Waals surface area contributed by atoms with Crippen molar-refractivity contribution < 1.29 is 14.6 Å². The van der Waals surface area contributed by atoms with E-state index in [4.69, 9.17) is 4.74 Å². The van der Waals surface area contributed by atoms with Gasteiger partial charge in [-0.25, -0.2) is 4.79 Å². The molecule has 1 heterocycles.